The molecule has 56 valence electrons. The Balaban J connectivity index is 2.48. The van der Waals surface area contributed by atoms with Crippen LogP contribution in [-0.2, 0) is 9.63 Å². The molecule has 1 aliphatic carbocycles. The average molecular weight is 141 g/mol. The predicted octanol–water partition coefficient (Wildman–Crippen LogP) is 0.726. The van der Waals surface area contributed by atoms with E-state index in [1.165, 1.54) is 12.2 Å². The van der Waals surface area contributed by atoms with Crippen LogP contribution in [0.2, 0.25) is 0 Å². The van der Waals surface area contributed by atoms with Crippen LogP contribution in [0, 0.1) is 0 Å². The number of hydroxylamine groups is 2. The zero-order valence-corrected chi connectivity index (χ0v) is 6.26. The number of carbonyl (C=O) groups is 1. The Morgan fingerprint density at radius 3 is 2.70 bits per heavy atom. The number of hydrogen-bond acceptors (Lipinski definition) is 2. The van der Waals surface area contributed by atoms with E-state index in [2.05, 4.69) is 0 Å². The molecule has 1 rings (SSSR count). The van der Waals surface area contributed by atoms with E-state index >= 15 is 0 Å². The lowest BCUT2D eigenvalue weighted by molar-refractivity contribution is -0.164. The fourth-order valence-electron chi connectivity index (χ4n) is 0.768. The second-order valence-corrected chi connectivity index (χ2v) is 2.25. The Hall–Kier alpha value is -0.830. The molecular weight excluding hydrogens is 130 g/mol. The van der Waals surface area contributed by atoms with Gasteiger partial charge in [0.2, 0.25) is 0 Å². The van der Waals surface area contributed by atoms with Crippen LogP contribution in [-0.4, -0.2) is 25.1 Å². The third-order valence-corrected chi connectivity index (χ3v) is 1.64. The first-order valence-electron chi connectivity index (χ1n) is 3.27. The van der Waals surface area contributed by atoms with Crippen LogP contribution >= 0.6 is 0 Å². The van der Waals surface area contributed by atoms with E-state index in [0.29, 0.717) is 0 Å². The predicted molar refractivity (Wildman–Crippen MR) is 37.1 cm³/mol. The molecule has 1 aliphatic rings. The van der Waals surface area contributed by atoms with E-state index in [1.54, 1.807) is 7.05 Å². The van der Waals surface area contributed by atoms with Crippen molar-refractivity contribution in [2.75, 3.05) is 14.2 Å². The molecule has 0 aromatic rings. The van der Waals surface area contributed by atoms with Gasteiger partial charge in [0.15, 0.2) is 0 Å². The molecule has 0 N–H and O–H groups in total. The summed E-state index contributed by atoms with van der Waals surface area (Å²) in [6.07, 6.45) is 3.85. The van der Waals surface area contributed by atoms with Gasteiger partial charge in [0, 0.05) is 12.6 Å². The first-order chi connectivity index (χ1) is 4.75. The summed E-state index contributed by atoms with van der Waals surface area (Å²) in [7, 11) is 3.10. The summed E-state index contributed by atoms with van der Waals surface area (Å²) in [6.45, 7) is 0. The van der Waals surface area contributed by atoms with Gasteiger partial charge in [-0.15, -0.1) is 0 Å². The molecule has 0 radical (unpaired) electrons. The lowest BCUT2D eigenvalue weighted by Crippen LogP contribution is -2.28. The van der Waals surface area contributed by atoms with Crippen LogP contribution in [0.1, 0.15) is 12.8 Å². The minimum absolute atomic E-state index is 0.0197. The third-order valence-electron chi connectivity index (χ3n) is 1.64. The number of carbonyl (C=O) groups excluding carboxylic acids is 1. The average Bonchev–Trinajstić information content (AvgIpc) is 1.82. The van der Waals surface area contributed by atoms with Crippen molar-refractivity contribution in [2.45, 2.75) is 12.8 Å². The van der Waals surface area contributed by atoms with E-state index < -0.39 is 0 Å². The van der Waals surface area contributed by atoms with Crippen molar-refractivity contribution in [3.8, 4) is 0 Å². The summed E-state index contributed by atoms with van der Waals surface area (Å²) < 4.78 is 0. The van der Waals surface area contributed by atoms with E-state index in [9.17, 15) is 4.79 Å². The number of allylic oxidation sites excluding steroid dienone is 1. The van der Waals surface area contributed by atoms with Crippen LogP contribution in [0.25, 0.3) is 0 Å². The molecule has 0 spiro atoms. The van der Waals surface area contributed by atoms with Crippen molar-refractivity contribution in [3.05, 3.63) is 11.6 Å². The standard InChI is InChI=1S/C7H11NO2/c1-8(10-2)7(9)6-4-3-5-6/h4H,3,5H2,1-2H3. The van der Waals surface area contributed by atoms with Crippen LogP contribution in [0.5, 0.6) is 0 Å². The van der Waals surface area contributed by atoms with Crippen molar-refractivity contribution >= 4 is 5.91 Å². The summed E-state index contributed by atoms with van der Waals surface area (Å²) in [5, 5.41) is 1.24. The number of hydrogen-bond donors (Lipinski definition) is 0. The van der Waals surface area contributed by atoms with E-state index in [1.807, 2.05) is 6.08 Å². The molecule has 0 unspecified atom stereocenters. The second kappa shape index (κ2) is 2.84. The Morgan fingerprint density at radius 1 is 1.80 bits per heavy atom. The van der Waals surface area contributed by atoms with Gasteiger partial charge in [-0.3, -0.25) is 9.63 Å². The minimum atomic E-state index is -0.0197. The molecule has 0 atom stereocenters. The quantitative estimate of drug-likeness (QED) is 0.530. The van der Waals surface area contributed by atoms with Gasteiger partial charge < -0.3 is 0 Å². The highest BCUT2D eigenvalue weighted by molar-refractivity contribution is 5.93. The van der Waals surface area contributed by atoms with Crippen molar-refractivity contribution in [1.29, 1.82) is 0 Å². The fourth-order valence-corrected chi connectivity index (χ4v) is 0.768. The van der Waals surface area contributed by atoms with Crippen LogP contribution in [0.3, 0.4) is 0 Å². The van der Waals surface area contributed by atoms with Crippen molar-refractivity contribution in [1.82, 2.24) is 5.06 Å². The number of nitrogens with zero attached hydrogens (tertiary/aromatic N) is 1. The molecule has 0 aromatic heterocycles. The van der Waals surface area contributed by atoms with Gasteiger partial charge in [0.05, 0.1) is 7.11 Å². The van der Waals surface area contributed by atoms with Gasteiger partial charge in [0.1, 0.15) is 0 Å². The zero-order chi connectivity index (χ0) is 7.56. The number of rotatable bonds is 2. The molecular formula is C7H11NO2. The Labute approximate surface area is 60.2 Å². The molecule has 3 heteroatoms. The summed E-state index contributed by atoms with van der Waals surface area (Å²) >= 11 is 0. The van der Waals surface area contributed by atoms with Crippen LogP contribution in [0.4, 0.5) is 0 Å². The van der Waals surface area contributed by atoms with Crippen molar-refractivity contribution in [2.24, 2.45) is 0 Å². The normalized spacial score (nSPS) is 15.6. The number of amides is 1. The highest BCUT2D eigenvalue weighted by atomic mass is 16.7. The van der Waals surface area contributed by atoms with E-state index in [-0.39, 0.29) is 5.91 Å². The van der Waals surface area contributed by atoms with Crippen LogP contribution in [0.15, 0.2) is 11.6 Å². The van der Waals surface area contributed by atoms with E-state index in [0.717, 1.165) is 18.4 Å². The van der Waals surface area contributed by atoms with Gasteiger partial charge >= 0.3 is 0 Å². The van der Waals surface area contributed by atoms with Crippen LogP contribution < -0.4 is 0 Å². The summed E-state index contributed by atoms with van der Waals surface area (Å²) in [6, 6.07) is 0. The van der Waals surface area contributed by atoms with Gasteiger partial charge in [-0.05, 0) is 12.8 Å². The maximum atomic E-state index is 11.1. The van der Waals surface area contributed by atoms with Gasteiger partial charge in [-0.1, -0.05) is 6.08 Å². The Kier molecular flexibility index (Phi) is 2.06. The summed E-state index contributed by atoms with van der Waals surface area (Å²) in [5.41, 5.74) is 0.865. The fraction of sp³-hybridized carbons (Fsp3) is 0.571. The highest BCUT2D eigenvalue weighted by Crippen LogP contribution is 2.19. The molecule has 0 aromatic carbocycles. The molecule has 0 heterocycles. The first kappa shape index (κ1) is 7.28. The third kappa shape index (κ3) is 1.19. The first-order valence-corrected chi connectivity index (χ1v) is 3.27. The molecule has 0 aliphatic heterocycles. The SMILES string of the molecule is CON(C)C(=O)C1=CCC1. The highest BCUT2D eigenvalue weighted by Gasteiger charge is 2.17. The van der Waals surface area contributed by atoms with Crippen molar-refractivity contribution in [3.63, 3.8) is 0 Å². The summed E-state index contributed by atoms with van der Waals surface area (Å²) in [4.78, 5) is 15.8. The Bertz CT molecular complexity index is 174. The van der Waals surface area contributed by atoms with Gasteiger partial charge in [-0.25, -0.2) is 5.06 Å². The smallest absolute Gasteiger partial charge is 0.272 e. The molecule has 0 fully saturated rings. The minimum Gasteiger partial charge on any atom is -0.274 e. The molecule has 3 nitrogen and oxygen atoms in total. The molecule has 1 amide bonds. The molecule has 0 saturated heterocycles. The summed E-state index contributed by atoms with van der Waals surface area (Å²) in [5.74, 6) is -0.0197. The molecule has 0 bridgehead atoms. The molecule has 10 heavy (non-hydrogen) atoms. The second-order valence-electron chi connectivity index (χ2n) is 2.25. The van der Waals surface area contributed by atoms with Gasteiger partial charge in [-0.2, -0.15) is 0 Å². The monoisotopic (exact) mass is 141 g/mol. The van der Waals surface area contributed by atoms with E-state index in [4.69, 9.17) is 4.84 Å². The molecule has 0 saturated carbocycles. The largest absolute Gasteiger partial charge is 0.274 e. The van der Waals surface area contributed by atoms with Gasteiger partial charge in [0.25, 0.3) is 5.91 Å². The Morgan fingerprint density at radius 2 is 2.40 bits per heavy atom. The maximum absolute atomic E-state index is 11.1. The zero-order valence-electron chi connectivity index (χ0n) is 6.26. The lowest BCUT2D eigenvalue weighted by atomic mass is 9.98. The maximum Gasteiger partial charge on any atom is 0.272 e. The topological polar surface area (TPSA) is 29.5 Å². The number of likely N-dealkylation sites (N-methyl/N-ethyl adjacent to an activating group) is 1. The van der Waals surface area contributed by atoms with Crippen molar-refractivity contribution < 1.29 is 9.63 Å². The lowest BCUT2D eigenvalue weighted by Gasteiger charge is -2.19.